The van der Waals surface area contributed by atoms with Crippen LogP contribution in [0.1, 0.15) is 0 Å². The van der Waals surface area contributed by atoms with E-state index in [9.17, 15) is 0 Å². The van der Waals surface area contributed by atoms with E-state index in [2.05, 4.69) is 72.2 Å². The standard InChI is InChI=1S/Bi.4HI.K/h;4*1H;/q+4;;;;;/p-4. The first-order chi connectivity index (χ1) is 2.00. The molecule has 0 atom stereocenters. The monoisotopic (exact) mass is 756 g/mol. The summed E-state index contributed by atoms with van der Waals surface area (Å²) in [6.45, 7) is 0. The normalized spacial score (nSPS) is 10.0. The van der Waals surface area contributed by atoms with Crippen LogP contribution < -0.4 is 0 Å². The molecular weight excluding hydrogens is 756 g/mol. The third-order valence-corrected chi connectivity index (χ3v) is 0. The van der Waals surface area contributed by atoms with E-state index < -0.39 is 3.51 Å². The fraction of sp³-hybridized carbons (Fsp3) is 0. The first-order valence-corrected chi connectivity index (χ1v) is 39.8. The van der Waals surface area contributed by atoms with Crippen LogP contribution in [0.2, 0.25) is 0 Å². The average Bonchev–Trinajstić information content (AvgIpc) is 0.722. The van der Waals surface area contributed by atoms with E-state index in [-0.39, 0.29) is 51.4 Å². The molecule has 0 saturated heterocycles. The molecule has 34 valence electrons. The van der Waals surface area contributed by atoms with Gasteiger partial charge in [0, 0.05) is 51.4 Å². The van der Waals surface area contributed by atoms with E-state index in [1.54, 1.807) is 0 Å². The van der Waals surface area contributed by atoms with E-state index in [1.807, 2.05) is 0 Å². The van der Waals surface area contributed by atoms with Crippen LogP contribution in [-0.4, -0.2) is 54.9 Å². The first-order valence-electron chi connectivity index (χ1n) is 0.676. The van der Waals surface area contributed by atoms with Crippen molar-refractivity contribution < 1.29 is 0 Å². The Hall–Kier alpha value is 5.44. The quantitative estimate of drug-likeness (QED) is 0.264. The second-order valence-electron chi connectivity index (χ2n) is 0.383. The second kappa shape index (κ2) is 7.11. The molecule has 0 nitrogen and oxygen atoms in total. The van der Waals surface area contributed by atoms with E-state index >= 15 is 0 Å². The van der Waals surface area contributed by atoms with Crippen molar-refractivity contribution >= 4 is 127 Å². The van der Waals surface area contributed by atoms with Crippen molar-refractivity contribution in [3.8, 4) is 0 Å². The molecule has 0 aromatic rings. The summed E-state index contributed by atoms with van der Waals surface area (Å²) in [5.74, 6) is 0. The van der Waals surface area contributed by atoms with Crippen LogP contribution in [0.15, 0.2) is 0 Å². The van der Waals surface area contributed by atoms with Crippen molar-refractivity contribution in [2.24, 2.45) is 0 Å². The Morgan fingerprint density at radius 3 is 0.833 bits per heavy atom. The molecule has 0 rings (SSSR count). The Bertz CT molecular complexity index is 23.0. The zero-order valence-electron chi connectivity index (χ0n) is 2.96. The molecule has 0 fully saturated rings. The van der Waals surface area contributed by atoms with Gasteiger partial charge in [-0.25, -0.2) is 0 Å². The second-order valence-corrected chi connectivity index (χ2v) is 151. The minimum absolute atomic E-state index is 0. The third kappa shape index (κ3) is 22.7. The van der Waals surface area contributed by atoms with E-state index in [4.69, 9.17) is 0 Å². The van der Waals surface area contributed by atoms with Crippen LogP contribution in [0.5, 0.6) is 0 Å². The molecule has 0 bridgehead atoms. The van der Waals surface area contributed by atoms with Gasteiger partial charge >= 0.3 is 75.7 Å². The Morgan fingerprint density at radius 2 is 0.833 bits per heavy atom. The summed E-state index contributed by atoms with van der Waals surface area (Å²) >= 11 is 10.2. The van der Waals surface area contributed by atoms with Gasteiger partial charge in [-0.3, -0.25) is 0 Å². The van der Waals surface area contributed by atoms with Crippen molar-refractivity contribution in [3.63, 3.8) is 0 Å². The van der Waals surface area contributed by atoms with Crippen LogP contribution in [0.3, 0.4) is 0 Å². The molecule has 0 aliphatic rings. The summed E-state index contributed by atoms with van der Waals surface area (Å²) in [5.41, 5.74) is 0. The van der Waals surface area contributed by atoms with Gasteiger partial charge < -0.3 is 0 Å². The van der Waals surface area contributed by atoms with Gasteiger partial charge in [0.05, 0.1) is 0 Å². The molecule has 0 spiro atoms. The van der Waals surface area contributed by atoms with Gasteiger partial charge in [0.1, 0.15) is 0 Å². The topological polar surface area (TPSA) is 0 Å². The summed E-state index contributed by atoms with van der Waals surface area (Å²) in [6.07, 6.45) is 0. The molecule has 0 heterocycles. The number of hydrogen-bond donors (Lipinski definition) is 0. The predicted octanol–water partition coefficient (Wildman–Crippen LogP) is 2.78. The Morgan fingerprint density at radius 1 is 0.833 bits per heavy atom. The summed E-state index contributed by atoms with van der Waals surface area (Å²) in [4.78, 5) is 0. The molecule has 0 aliphatic carbocycles. The fourth-order valence-electron chi connectivity index (χ4n) is 0. The third-order valence-electron chi connectivity index (χ3n) is 0. The van der Waals surface area contributed by atoms with Gasteiger partial charge in [0.15, 0.2) is 0 Å². The predicted molar refractivity (Wildman–Crippen MR) is 67.6 cm³/mol. The van der Waals surface area contributed by atoms with Crippen LogP contribution in [-0.2, 0) is 0 Å². The van der Waals surface area contributed by atoms with Crippen molar-refractivity contribution in [2.45, 2.75) is 0 Å². The molecule has 6 heteroatoms. The molecule has 0 aliphatic heterocycles. The summed E-state index contributed by atoms with van der Waals surface area (Å²) in [7, 11) is 0. The largest absolute Gasteiger partial charge is 0 e. The molecule has 0 N–H and O–H groups in total. The van der Waals surface area contributed by atoms with Gasteiger partial charge in [0.25, 0.3) is 0 Å². The Labute approximate surface area is 122 Å². The summed E-state index contributed by atoms with van der Waals surface area (Å²) < 4.78 is -1.34. The smallest absolute Gasteiger partial charge is 0 e. The van der Waals surface area contributed by atoms with Crippen molar-refractivity contribution in [3.05, 3.63) is 0 Å². The number of rotatable bonds is 0. The molecule has 0 aromatic carbocycles. The molecule has 0 aromatic heterocycles. The Kier molecular flexibility index (Phi) is 16.6. The minimum atomic E-state index is -1.34. The maximum atomic E-state index is 2.55. The molecule has 0 amide bonds. The molecule has 2 radical (unpaired) electrons. The van der Waals surface area contributed by atoms with Gasteiger partial charge in [-0.1, -0.05) is 0 Å². The van der Waals surface area contributed by atoms with E-state index in [0.717, 1.165) is 0 Å². The van der Waals surface area contributed by atoms with Crippen LogP contribution in [0.4, 0.5) is 0 Å². The fourth-order valence-corrected chi connectivity index (χ4v) is 0. The SMILES string of the molecule is [I][Bi]([I])([I])[I].[K]. The van der Waals surface area contributed by atoms with Gasteiger partial charge in [-0.2, -0.15) is 0 Å². The molecule has 0 saturated carbocycles. The first kappa shape index (κ1) is 14.0. The van der Waals surface area contributed by atoms with E-state index in [0.29, 0.717) is 0 Å². The minimum Gasteiger partial charge on any atom is 0 e. The number of halogens is 4. The maximum Gasteiger partial charge on any atom is 0 e. The average molecular weight is 756 g/mol. The number of hydrogen-bond acceptors (Lipinski definition) is 0. The molecule has 6 heavy (non-hydrogen) atoms. The van der Waals surface area contributed by atoms with Crippen molar-refractivity contribution in [1.29, 1.82) is 0 Å². The van der Waals surface area contributed by atoms with Crippen LogP contribution >= 0.6 is 72.2 Å². The summed E-state index contributed by atoms with van der Waals surface area (Å²) in [6, 6.07) is 0. The van der Waals surface area contributed by atoms with Gasteiger partial charge in [-0.15, -0.1) is 0 Å². The van der Waals surface area contributed by atoms with E-state index in [1.165, 1.54) is 0 Å². The van der Waals surface area contributed by atoms with Crippen molar-refractivity contribution in [1.82, 2.24) is 0 Å². The summed E-state index contributed by atoms with van der Waals surface area (Å²) in [5, 5.41) is 0. The zero-order chi connectivity index (χ0) is 4.50. The molecular formula is BiI4K. The van der Waals surface area contributed by atoms with Crippen molar-refractivity contribution in [2.75, 3.05) is 0 Å². The van der Waals surface area contributed by atoms with Gasteiger partial charge in [-0.05, 0) is 0 Å². The maximum absolute atomic E-state index is 2.55. The molecule has 0 unspecified atom stereocenters. The van der Waals surface area contributed by atoms with Gasteiger partial charge in [0.2, 0.25) is 0 Å². The van der Waals surface area contributed by atoms with Crippen LogP contribution in [0.25, 0.3) is 0 Å². The Balaban J connectivity index is 0. The zero-order valence-corrected chi connectivity index (χ0v) is 18.2. The van der Waals surface area contributed by atoms with Crippen LogP contribution in [0, 0.1) is 0 Å².